The van der Waals surface area contributed by atoms with Crippen molar-refractivity contribution in [1.29, 1.82) is 0 Å². The van der Waals surface area contributed by atoms with Crippen LogP contribution < -0.4 is 5.32 Å². The number of carboxylic acids is 1. The third-order valence-electron chi connectivity index (χ3n) is 4.80. The van der Waals surface area contributed by atoms with Crippen LogP contribution in [0.4, 0.5) is 10.5 Å². The summed E-state index contributed by atoms with van der Waals surface area (Å²) in [5.41, 5.74) is 2.37. The number of ketones is 1. The van der Waals surface area contributed by atoms with Gasteiger partial charge in [-0.3, -0.25) is 9.59 Å². The minimum atomic E-state index is -0.855. The van der Waals surface area contributed by atoms with Gasteiger partial charge < -0.3 is 15.3 Å². The minimum Gasteiger partial charge on any atom is -0.481 e. The number of anilines is 1. The number of piperidine rings is 1. The molecule has 1 saturated heterocycles. The Morgan fingerprint density at radius 3 is 2.79 bits per heavy atom. The second kappa shape index (κ2) is 6.63. The van der Waals surface area contributed by atoms with Gasteiger partial charge in [0.1, 0.15) is 0 Å². The lowest BCUT2D eigenvalue weighted by molar-refractivity contribution is -0.143. The summed E-state index contributed by atoms with van der Waals surface area (Å²) in [5.74, 6) is -1.05. The molecule has 1 fully saturated rings. The molecule has 6 heteroatoms. The molecular formula is C18H22N2O4. The maximum Gasteiger partial charge on any atom is 0.321 e. The number of aliphatic carboxylic acids is 1. The molecule has 3 rings (SSSR count). The van der Waals surface area contributed by atoms with Crippen molar-refractivity contribution < 1.29 is 19.5 Å². The average Bonchev–Trinajstić information content (AvgIpc) is 2.54. The van der Waals surface area contributed by atoms with Gasteiger partial charge in [0.25, 0.3) is 0 Å². The Kier molecular flexibility index (Phi) is 4.55. The van der Waals surface area contributed by atoms with Crippen LogP contribution in [0.1, 0.15) is 42.1 Å². The number of carbonyl (C=O) groups is 3. The van der Waals surface area contributed by atoms with E-state index < -0.39 is 11.9 Å². The molecule has 0 spiro atoms. The van der Waals surface area contributed by atoms with E-state index in [2.05, 4.69) is 5.32 Å². The second-order valence-electron chi connectivity index (χ2n) is 6.86. The molecular weight excluding hydrogens is 308 g/mol. The first-order valence-electron chi connectivity index (χ1n) is 8.39. The van der Waals surface area contributed by atoms with Crippen LogP contribution in [0.5, 0.6) is 0 Å². The van der Waals surface area contributed by atoms with Crippen LogP contribution in [0.25, 0.3) is 0 Å². The van der Waals surface area contributed by atoms with Crippen LogP contribution in [0.3, 0.4) is 0 Å². The molecule has 1 aliphatic carbocycles. The van der Waals surface area contributed by atoms with Crippen molar-refractivity contribution in [2.75, 3.05) is 18.4 Å². The van der Waals surface area contributed by atoms with Gasteiger partial charge in [-0.1, -0.05) is 6.92 Å². The summed E-state index contributed by atoms with van der Waals surface area (Å²) in [5, 5.41) is 12.1. The first-order valence-corrected chi connectivity index (χ1v) is 8.39. The van der Waals surface area contributed by atoms with Gasteiger partial charge in [0.05, 0.1) is 5.92 Å². The number of Topliss-reactive ketones (excluding diaryl/α,β-unsaturated/α-hetero) is 1. The number of carboxylic acid groups (broad SMARTS) is 1. The zero-order valence-electron chi connectivity index (χ0n) is 13.7. The quantitative estimate of drug-likeness (QED) is 0.873. The lowest BCUT2D eigenvalue weighted by Gasteiger charge is -2.34. The summed E-state index contributed by atoms with van der Waals surface area (Å²) in [6.45, 7) is 2.74. The van der Waals surface area contributed by atoms with Gasteiger partial charge in [0, 0.05) is 30.8 Å². The molecule has 0 aromatic heterocycles. The minimum absolute atomic E-state index is 0.156. The molecule has 2 atom stereocenters. The van der Waals surface area contributed by atoms with Gasteiger partial charge in [-0.25, -0.2) is 4.79 Å². The van der Waals surface area contributed by atoms with Gasteiger partial charge in [-0.2, -0.15) is 0 Å². The fourth-order valence-electron chi connectivity index (χ4n) is 3.62. The van der Waals surface area contributed by atoms with Crippen LogP contribution in [0.2, 0.25) is 0 Å². The zero-order chi connectivity index (χ0) is 17.3. The third kappa shape index (κ3) is 3.42. The number of likely N-dealkylation sites (tertiary alicyclic amines) is 1. The second-order valence-corrected chi connectivity index (χ2v) is 6.86. The van der Waals surface area contributed by atoms with Crippen LogP contribution in [0.15, 0.2) is 18.2 Å². The Morgan fingerprint density at radius 1 is 1.25 bits per heavy atom. The van der Waals surface area contributed by atoms with E-state index in [1.54, 1.807) is 17.0 Å². The predicted octanol–water partition coefficient (Wildman–Crippen LogP) is 2.78. The summed E-state index contributed by atoms with van der Waals surface area (Å²) >= 11 is 0. The highest BCUT2D eigenvalue weighted by molar-refractivity contribution is 5.99. The monoisotopic (exact) mass is 330 g/mol. The molecule has 24 heavy (non-hydrogen) atoms. The molecule has 1 aromatic rings. The van der Waals surface area contributed by atoms with E-state index in [0.717, 1.165) is 24.0 Å². The Labute approximate surface area is 140 Å². The number of carbonyl (C=O) groups excluding carboxylic acids is 2. The van der Waals surface area contributed by atoms with Gasteiger partial charge >= 0.3 is 12.0 Å². The number of amides is 2. The Bertz CT molecular complexity index is 686. The smallest absolute Gasteiger partial charge is 0.321 e. The van der Waals surface area contributed by atoms with Gasteiger partial charge in [-0.05, 0) is 48.9 Å². The van der Waals surface area contributed by atoms with Crippen LogP contribution in [-0.4, -0.2) is 40.9 Å². The molecule has 0 radical (unpaired) electrons. The first-order chi connectivity index (χ1) is 11.4. The average molecular weight is 330 g/mol. The number of rotatable bonds is 2. The van der Waals surface area contributed by atoms with Crippen molar-refractivity contribution in [3.05, 3.63) is 29.3 Å². The van der Waals surface area contributed by atoms with E-state index in [4.69, 9.17) is 0 Å². The van der Waals surface area contributed by atoms with E-state index in [1.807, 2.05) is 13.0 Å². The van der Waals surface area contributed by atoms with E-state index in [1.165, 1.54) is 0 Å². The summed E-state index contributed by atoms with van der Waals surface area (Å²) in [7, 11) is 0. The van der Waals surface area contributed by atoms with Crippen LogP contribution in [0, 0.1) is 11.8 Å². The Hall–Kier alpha value is -2.37. The number of urea groups is 1. The number of hydrogen-bond donors (Lipinski definition) is 2. The number of hydrogen-bond acceptors (Lipinski definition) is 3. The number of fused-ring (bicyclic) bond motifs is 1. The molecule has 0 bridgehead atoms. The predicted molar refractivity (Wildman–Crippen MR) is 89.2 cm³/mol. The first kappa shape index (κ1) is 16.5. The molecule has 2 amide bonds. The van der Waals surface area contributed by atoms with Crippen molar-refractivity contribution in [3.8, 4) is 0 Å². The largest absolute Gasteiger partial charge is 0.481 e. The van der Waals surface area contributed by atoms with Crippen molar-refractivity contribution in [1.82, 2.24) is 4.90 Å². The van der Waals surface area contributed by atoms with Crippen molar-refractivity contribution in [3.63, 3.8) is 0 Å². The highest BCUT2D eigenvalue weighted by Crippen LogP contribution is 2.26. The molecule has 128 valence electrons. The Morgan fingerprint density at radius 2 is 2.04 bits per heavy atom. The molecule has 0 saturated carbocycles. The van der Waals surface area contributed by atoms with Crippen molar-refractivity contribution >= 4 is 23.5 Å². The summed E-state index contributed by atoms with van der Waals surface area (Å²) in [6.07, 6.45) is 2.86. The third-order valence-corrected chi connectivity index (χ3v) is 4.80. The highest BCUT2D eigenvalue weighted by atomic mass is 16.4. The summed E-state index contributed by atoms with van der Waals surface area (Å²) in [4.78, 5) is 37.1. The Balaban J connectivity index is 1.70. The normalized spacial score (nSPS) is 23.5. The maximum atomic E-state index is 12.5. The summed E-state index contributed by atoms with van der Waals surface area (Å²) in [6, 6.07) is 5.08. The zero-order valence-corrected chi connectivity index (χ0v) is 13.7. The lowest BCUT2D eigenvalue weighted by Crippen LogP contribution is -2.47. The van der Waals surface area contributed by atoms with E-state index >= 15 is 0 Å². The molecule has 6 nitrogen and oxygen atoms in total. The molecule has 1 aliphatic heterocycles. The SMILES string of the molecule is CC1CC(C(=O)O)CN(C(=O)Nc2ccc3c(c2)CCCC3=O)C1. The molecule has 1 aromatic carbocycles. The number of aryl methyl sites for hydroxylation is 1. The molecule has 2 aliphatic rings. The number of nitrogens with one attached hydrogen (secondary N) is 1. The van der Waals surface area contributed by atoms with Gasteiger partial charge in [0.15, 0.2) is 5.78 Å². The van der Waals surface area contributed by atoms with Crippen molar-refractivity contribution in [2.45, 2.75) is 32.6 Å². The number of benzene rings is 1. The highest BCUT2D eigenvalue weighted by Gasteiger charge is 2.32. The van der Waals surface area contributed by atoms with E-state index in [9.17, 15) is 19.5 Å². The van der Waals surface area contributed by atoms with Crippen molar-refractivity contribution in [2.24, 2.45) is 11.8 Å². The standard InChI is InChI=1S/C18H22N2O4/c1-11-7-13(17(22)23)10-20(9-11)18(24)19-14-5-6-15-12(8-14)3-2-4-16(15)21/h5-6,8,11,13H,2-4,7,9-10H2,1H3,(H,19,24)(H,22,23). The molecule has 2 unspecified atom stereocenters. The van der Waals surface area contributed by atoms with Gasteiger partial charge in [0.2, 0.25) is 0 Å². The molecule has 2 N–H and O–H groups in total. The molecule has 1 heterocycles. The maximum absolute atomic E-state index is 12.5. The van der Waals surface area contributed by atoms with Gasteiger partial charge in [-0.15, -0.1) is 0 Å². The van der Waals surface area contributed by atoms with Crippen LogP contribution >= 0.6 is 0 Å². The summed E-state index contributed by atoms with van der Waals surface area (Å²) < 4.78 is 0. The van der Waals surface area contributed by atoms with Crippen LogP contribution in [-0.2, 0) is 11.2 Å². The fraction of sp³-hybridized carbons (Fsp3) is 0.500. The lowest BCUT2D eigenvalue weighted by atomic mass is 9.90. The number of nitrogens with zero attached hydrogens (tertiary/aromatic N) is 1. The van der Waals surface area contributed by atoms with E-state index in [0.29, 0.717) is 25.1 Å². The van der Waals surface area contributed by atoms with E-state index in [-0.39, 0.29) is 24.3 Å². The topological polar surface area (TPSA) is 86.7 Å². The fourth-order valence-corrected chi connectivity index (χ4v) is 3.62.